The molecule has 0 aliphatic rings. The lowest BCUT2D eigenvalue weighted by atomic mass is 10.1. The molecular weight excluding hydrogens is 192 g/mol. The molecule has 0 saturated heterocycles. The summed E-state index contributed by atoms with van der Waals surface area (Å²) in [4.78, 5) is 5.66. The molecule has 2 aromatic rings. The molecule has 72 valence electrons. The van der Waals surface area contributed by atoms with Crippen LogP contribution in [0.3, 0.4) is 0 Å². The fraction of sp³-hybridized carbons (Fsp3) is 0.182. The van der Waals surface area contributed by atoms with Crippen molar-refractivity contribution in [1.29, 1.82) is 0 Å². The summed E-state index contributed by atoms with van der Waals surface area (Å²) in [6, 6.07) is 8.07. The van der Waals surface area contributed by atoms with Gasteiger partial charge >= 0.3 is 0 Å². The molecule has 2 rings (SSSR count). The Kier molecular flexibility index (Phi) is 2.91. The van der Waals surface area contributed by atoms with Gasteiger partial charge in [0.05, 0.1) is 5.69 Å². The first-order chi connectivity index (χ1) is 6.92. The molecule has 0 aliphatic heterocycles. The van der Waals surface area contributed by atoms with Crippen molar-refractivity contribution >= 4 is 11.3 Å². The summed E-state index contributed by atoms with van der Waals surface area (Å²) < 4.78 is 0. The van der Waals surface area contributed by atoms with E-state index in [0.29, 0.717) is 6.54 Å². The van der Waals surface area contributed by atoms with E-state index >= 15 is 0 Å². The maximum Gasteiger partial charge on any atom is 0.0713 e. The van der Waals surface area contributed by atoms with Crippen molar-refractivity contribution in [1.82, 2.24) is 4.98 Å². The smallest absolute Gasteiger partial charge is 0.0713 e. The summed E-state index contributed by atoms with van der Waals surface area (Å²) in [6.07, 6.45) is 2.75. The molecule has 2 N–H and O–H groups in total. The standard InChI is InChI=1S/C11H12N2S/c12-6-4-11-9(5-8-14-11)10-3-1-2-7-13-10/h1-3,5,7-8H,4,6,12H2. The van der Waals surface area contributed by atoms with Gasteiger partial charge in [0.25, 0.3) is 0 Å². The second kappa shape index (κ2) is 4.35. The highest BCUT2D eigenvalue weighted by molar-refractivity contribution is 7.10. The molecule has 2 nitrogen and oxygen atoms in total. The second-order valence-electron chi connectivity index (χ2n) is 3.01. The summed E-state index contributed by atoms with van der Waals surface area (Å²) in [5.41, 5.74) is 7.82. The summed E-state index contributed by atoms with van der Waals surface area (Å²) in [5.74, 6) is 0. The third-order valence-electron chi connectivity index (χ3n) is 2.06. The number of nitrogens with two attached hydrogens (primary N) is 1. The molecular formula is C11H12N2S. The van der Waals surface area contributed by atoms with E-state index in [1.54, 1.807) is 11.3 Å². The molecule has 0 unspecified atom stereocenters. The van der Waals surface area contributed by atoms with Gasteiger partial charge in [0.15, 0.2) is 0 Å². The van der Waals surface area contributed by atoms with Gasteiger partial charge in [-0.05, 0) is 36.5 Å². The van der Waals surface area contributed by atoms with E-state index in [2.05, 4.69) is 16.4 Å². The Bertz CT molecular complexity index is 395. The van der Waals surface area contributed by atoms with Crippen LogP contribution in [0, 0.1) is 0 Å². The predicted octanol–water partition coefficient (Wildman–Crippen LogP) is 2.31. The van der Waals surface area contributed by atoms with Crippen molar-refractivity contribution in [2.75, 3.05) is 6.54 Å². The minimum absolute atomic E-state index is 0.695. The van der Waals surface area contributed by atoms with Crippen LogP contribution in [0.5, 0.6) is 0 Å². The van der Waals surface area contributed by atoms with Crippen LogP contribution in [0.4, 0.5) is 0 Å². The Labute approximate surface area is 87.4 Å². The van der Waals surface area contributed by atoms with Crippen molar-refractivity contribution in [3.8, 4) is 11.3 Å². The lowest BCUT2D eigenvalue weighted by Crippen LogP contribution is -2.02. The van der Waals surface area contributed by atoms with Gasteiger partial charge in [0.1, 0.15) is 0 Å². The van der Waals surface area contributed by atoms with Crippen LogP contribution in [0.15, 0.2) is 35.8 Å². The van der Waals surface area contributed by atoms with Crippen LogP contribution in [0.2, 0.25) is 0 Å². The Morgan fingerprint density at radius 3 is 2.93 bits per heavy atom. The van der Waals surface area contributed by atoms with Gasteiger partial charge in [-0.2, -0.15) is 0 Å². The summed E-state index contributed by atoms with van der Waals surface area (Å²) in [7, 11) is 0. The molecule has 0 radical (unpaired) electrons. The van der Waals surface area contributed by atoms with E-state index < -0.39 is 0 Å². The average molecular weight is 204 g/mol. The van der Waals surface area contributed by atoms with Gasteiger partial charge in [-0.1, -0.05) is 6.07 Å². The topological polar surface area (TPSA) is 38.9 Å². The van der Waals surface area contributed by atoms with Crippen LogP contribution in [-0.2, 0) is 6.42 Å². The lowest BCUT2D eigenvalue weighted by Gasteiger charge is -2.00. The molecule has 0 amide bonds. The molecule has 3 heteroatoms. The number of hydrogen-bond acceptors (Lipinski definition) is 3. The Balaban J connectivity index is 2.37. The number of pyridine rings is 1. The zero-order chi connectivity index (χ0) is 9.80. The van der Waals surface area contributed by atoms with Crippen molar-refractivity contribution in [3.63, 3.8) is 0 Å². The van der Waals surface area contributed by atoms with E-state index in [1.165, 1.54) is 10.4 Å². The predicted molar refractivity (Wildman–Crippen MR) is 60.3 cm³/mol. The lowest BCUT2D eigenvalue weighted by molar-refractivity contribution is 0.989. The molecule has 0 aromatic carbocycles. The van der Waals surface area contributed by atoms with E-state index in [-0.39, 0.29) is 0 Å². The number of rotatable bonds is 3. The molecule has 0 atom stereocenters. The maximum atomic E-state index is 5.55. The minimum Gasteiger partial charge on any atom is -0.330 e. The minimum atomic E-state index is 0.695. The highest BCUT2D eigenvalue weighted by Gasteiger charge is 2.05. The molecule has 0 spiro atoms. The van der Waals surface area contributed by atoms with Crippen LogP contribution in [0.1, 0.15) is 4.88 Å². The van der Waals surface area contributed by atoms with E-state index in [0.717, 1.165) is 12.1 Å². The zero-order valence-corrected chi connectivity index (χ0v) is 8.63. The number of thiophene rings is 1. The van der Waals surface area contributed by atoms with Crippen molar-refractivity contribution in [2.45, 2.75) is 6.42 Å². The normalized spacial score (nSPS) is 10.4. The number of hydrogen-bond donors (Lipinski definition) is 1. The fourth-order valence-corrected chi connectivity index (χ4v) is 2.32. The van der Waals surface area contributed by atoms with Gasteiger partial charge in [-0.15, -0.1) is 11.3 Å². The van der Waals surface area contributed by atoms with Crippen LogP contribution in [0.25, 0.3) is 11.3 Å². The third-order valence-corrected chi connectivity index (χ3v) is 3.04. The SMILES string of the molecule is NCCc1sccc1-c1ccccn1. The first kappa shape index (κ1) is 9.37. The van der Waals surface area contributed by atoms with E-state index in [4.69, 9.17) is 5.73 Å². The molecule has 0 saturated carbocycles. The second-order valence-corrected chi connectivity index (χ2v) is 4.01. The van der Waals surface area contributed by atoms with Gasteiger partial charge in [-0.3, -0.25) is 4.98 Å². The van der Waals surface area contributed by atoms with Crippen LogP contribution >= 0.6 is 11.3 Å². The summed E-state index contributed by atoms with van der Waals surface area (Å²) in [6.45, 7) is 0.695. The largest absolute Gasteiger partial charge is 0.330 e. The van der Waals surface area contributed by atoms with Gasteiger partial charge in [0.2, 0.25) is 0 Å². The Morgan fingerprint density at radius 1 is 1.29 bits per heavy atom. The monoisotopic (exact) mass is 204 g/mol. The Morgan fingerprint density at radius 2 is 2.21 bits per heavy atom. The molecule has 0 bridgehead atoms. The van der Waals surface area contributed by atoms with Crippen LogP contribution < -0.4 is 5.73 Å². The van der Waals surface area contributed by atoms with Crippen molar-refractivity contribution in [3.05, 3.63) is 40.7 Å². The van der Waals surface area contributed by atoms with E-state index in [9.17, 15) is 0 Å². The number of aromatic nitrogens is 1. The highest BCUT2D eigenvalue weighted by atomic mass is 32.1. The first-order valence-electron chi connectivity index (χ1n) is 4.59. The molecule has 2 heterocycles. The van der Waals surface area contributed by atoms with Crippen LogP contribution in [-0.4, -0.2) is 11.5 Å². The molecule has 0 fully saturated rings. The summed E-state index contributed by atoms with van der Waals surface area (Å²) >= 11 is 1.75. The molecule has 0 aliphatic carbocycles. The maximum absolute atomic E-state index is 5.55. The van der Waals surface area contributed by atoms with Gasteiger partial charge in [-0.25, -0.2) is 0 Å². The fourth-order valence-electron chi connectivity index (χ4n) is 1.42. The first-order valence-corrected chi connectivity index (χ1v) is 5.47. The highest BCUT2D eigenvalue weighted by Crippen LogP contribution is 2.26. The third kappa shape index (κ3) is 1.84. The van der Waals surface area contributed by atoms with E-state index in [1.807, 2.05) is 24.4 Å². The Hall–Kier alpha value is -1.19. The molecule has 14 heavy (non-hydrogen) atoms. The van der Waals surface area contributed by atoms with Crippen molar-refractivity contribution < 1.29 is 0 Å². The average Bonchev–Trinajstić information content (AvgIpc) is 2.68. The van der Waals surface area contributed by atoms with Gasteiger partial charge < -0.3 is 5.73 Å². The van der Waals surface area contributed by atoms with Crippen molar-refractivity contribution in [2.24, 2.45) is 5.73 Å². The quantitative estimate of drug-likeness (QED) is 0.833. The number of nitrogens with zero attached hydrogens (tertiary/aromatic N) is 1. The van der Waals surface area contributed by atoms with Gasteiger partial charge in [0, 0.05) is 16.6 Å². The molecule has 2 aromatic heterocycles. The summed E-state index contributed by atoms with van der Waals surface area (Å²) in [5, 5.41) is 2.09. The zero-order valence-electron chi connectivity index (χ0n) is 7.81.